The number of nitrogens with one attached hydrogen (secondary N) is 2. The van der Waals surface area contributed by atoms with Crippen molar-refractivity contribution in [1.82, 2.24) is 9.78 Å². The molecule has 1 heterocycles. The van der Waals surface area contributed by atoms with Gasteiger partial charge in [0.1, 0.15) is 0 Å². The zero-order valence-electron chi connectivity index (χ0n) is 19.5. The molecule has 7 nitrogen and oxygen atoms in total. The molecule has 176 valence electrons. The van der Waals surface area contributed by atoms with Crippen molar-refractivity contribution in [3.8, 4) is 5.69 Å². The highest BCUT2D eigenvalue weighted by Crippen LogP contribution is 2.26. The molecule has 0 spiro atoms. The van der Waals surface area contributed by atoms with Crippen LogP contribution >= 0.6 is 11.6 Å². The number of aromatic nitrogens is 2. The monoisotopic (exact) mass is 488 g/mol. The van der Waals surface area contributed by atoms with Crippen LogP contribution in [0.3, 0.4) is 0 Å². The van der Waals surface area contributed by atoms with Crippen LogP contribution in [0.5, 0.6) is 0 Å². The number of rotatable bonds is 8. The molecule has 3 rings (SSSR count). The summed E-state index contributed by atoms with van der Waals surface area (Å²) in [6.45, 7) is 9.31. The van der Waals surface area contributed by atoms with E-state index in [1.54, 1.807) is 29.8 Å². The Morgan fingerprint density at radius 1 is 1.09 bits per heavy atom. The predicted octanol–water partition coefficient (Wildman–Crippen LogP) is 5.09. The van der Waals surface area contributed by atoms with Crippen LogP contribution < -0.4 is 10.0 Å². The zero-order chi connectivity index (χ0) is 24.3. The Bertz CT molecular complexity index is 1300. The molecule has 0 fully saturated rings. The van der Waals surface area contributed by atoms with Crippen LogP contribution in [0.2, 0.25) is 5.02 Å². The summed E-state index contributed by atoms with van der Waals surface area (Å²) in [5, 5.41) is 8.16. The van der Waals surface area contributed by atoms with E-state index in [0.29, 0.717) is 28.4 Å². The number of carbonyl (C=O) groups is 1. The highest BCUT2D eigenvalue weighted by molar-refractivity contribution is 7.92. The Labute approximate surface area is 200 Å². The Morgan fingerprint density at radius 2 is 1.79 bits per heavy atom. The number of nitrogens with zero attached hydrogens (tertiary/aromatic N) is 2. The standard InChI is InChI=1S/C24H29ClN4O3S/c1-6-12-33(31,32)28-23-9-7-8-22(16(23)3)26-24(30)14-20-17(4)27-29(18(20)5)19-11-10-15(2)21(25)13-19/h7-11,13,28H,6,12,14H2,1-5H3,(H,26,30). The van der Waals surface area contributed by atoms with Gasteiger partial charge in [0, 0.05) is 22.0 Å². The van der Waals surface area contributed by atoms with E-state index >= 15 is 0 Å². The van der Waals surface area contributed by atoms with E-state index in [-0.39, 0.29) is 18.1 Å². The minimum atomic E-state index is -3.42. The number of carbonyl (C=O) groups excluding carboxylic acids is 1. The first-order chi connectivity index (χ1) is 15.5. The third-order valence-electron chi connectivity index (χ3n) is 5.52. The first kappa shape index (κ1) is 24.8. The highest BCUT2D eigenvalue weighted by Gasteiger charge is 2.18. The smallest absolute Gasteiger partial charge is 0.232 e. The maximum atomic E-state index is 12.9. The molecule has 0 unspecified atom stereocenters. The third-order valence-corrected chi connectivity index (χ3v) is 7.41. The predicted molar refractivity (Wildman–Crippen MR) is 134 cm³/mol. The van der Waals surface area contributed by atoms with Crippen molar-refractivity contribution in [3.05, 3.63) is 69.5 Å². The Morgan fingerprint density at radius 3 is 2.45 bits per heavy atom. The van der Waals surface area contributed by atoms with Gasteiger partial charge < -0.3 is 5.32 Å². The lowest BCUT2D eigenvalue weighted by molar-refractivity contribution is -0.115. The average molecular weight is 489 g/mol. The number of benzene rings is 2. The molecule has 0 aliphatic rings. The van der Waals surface area contributed by atoms with Gasteiger partial charge in [-0.2, -0.15) is 5.10 Å². The molecule has 0 aliphatic heterocycles. The van der Waals surface area contributed by atoms with Gasteiger partial charge in [-0.15, -0.1) is 0 Å². The van der Waals surface area contributed by atoms with Crippen molar-refractivity contribution < 1.29 is 13.2 Å². The summed E-state index contributed by atoms with van der Waals surface area (Å²) in [4.78, 5) is 12.9. The average Bonchev–Trinajstić information content (AvgIpc) is 3.01. The molecule has 2 aromatic carbocycles. The maximum absolute atomic E-state index is 12.9. The van der Waals surface area contributed by atoms with E-state index in [2.05, 4.69) is 15.1 Å². The molecule has 1 aromatic heterocycles. The molecule has 0 aliphatic carbocycles. The summed E-state index contributed by atoms with van der Waals surface area (Å²) >= 11 is 6.27. The van der Waals surface area contributed by atoms with Gasteiger partial charge in [0.25, 0.3) is 0 Å². The fraction of sp³-hybridized carbons (Fsp3) is 0.333. The Kier molecular flexibility index (Phi) is 7.49. The molecule has 0 bridgehead atoms. The van der Waals surface area contributed by atoms with Crippen LogP contribution in [0.15, 0.2) is 36.4 Å². The van der Waals surface area contributed by atoms with Crippen molar-refractivity contribution in [2.24, 2.45) is 0 Å². The lowest BCUT2D eigenvalue weighted by atomic mass is 10.1. The molecule has 0 saturated carbocycles. The maximum Gasteiger partial charge on any atom is 0.232 e. The largest absolute Gasteiger partial charge is 0.325 e. The van der Waals surface area contributed by atoms with Gasteiger partial charge in [0.2, 0.25) is 15.9 Å². The summed E-state index contributed by atoms with van der Waals surface area (Å²) in [5.74, 6) is -0.169. The van der Waals surface area contributed by atoms with Crippen LogP contribution in [0, 0.1) is 27.7 Å². The summed E-state index contributed by atoms with van der Waals surface area (Å²) in [5.41, 5.74) is 5.95. The van der Waals surface area contributed by atoms with Crippen LogP contribution in [0.4, 0.5) is 11.4 Å². The second kappa shape index (κ2) is 9.97. The summed E-state index contributed by atoms with van der Waals surface area (Å²) in [7, 11) is -3.42. The first-order valence-electron chi connectivity index (χ1n) is 10.7. The van der Waals surface area contributed by atoms with Crippen molar-refractivity contribution in [2.45, 2.75) is 47.5 Å². The van der Waals surface area contributed by atoms with Crippen molar-refractivity contribution in [1.29, 1.82) is 0 Å². The van der Waals surface area contributed by atoms with Gasteiger partial charge >= 0.3 is 0 Å². The van der Waals surface area contributed by atoms with E-state index in [1.807, 2.05) is 45.9 Å². The molecule has 0 radical (unpaired) electrons. The lowest BCUT2D eigenvalue weighted by Gasteiger charge is -2.14. The molecule has 0 saturated heterocycles. The summed E-state index contributed by atoms with van der Waals surface area (Å²) in [6.07, 6.45) is 0.661. The minimum Gasteiger partial charge on any atom is -0.325 e. The molecular formula is C24H29ClN4O3S. The number of amides is 1. The second-order valence-corrected chi connectivity index (χ2v) is 10.4. The van der Waals surface area contributed by atoms with Gasteiger partial charge in [-0.25, -0.2) is 13.1 Å². The molecule has 2 N–H and O–H groups in total. The van der Waals surface area contributed by atoms with Gasteiger partial charge in [0.15, 0.2) is 0 Å². The van der Waals surface area contributed by atoms with Crippen LogP contribution in [-0.2, 0) is 21.2 Å². The van der Waals surface area contributed by atoms with Gasteiger partial charge in [-0.1, -0.05) is 30.7 Å². The van der Waals surface area contributed by atoms with E-state index in [9.17, 15) is 13.2 Å². The van der Waals surface area contributed by atoms with E-state index < -0.39 is 10.0 Å². The van der Waals surface area contributed by atoms with Crippen LogP contribution in [0.25, 0.3) is 5.69 Å². The molecule has 3 aromatic rings. The van der Waals surface area contributed by atoms with E-state index in [4.69, 9.17) is 11.6 Å². The second-order valence-electron chi connectivity index (χ2n) is 8.12. The molecule has 9 heteroatoms. The molecular weight excluding hydrogens is 460 g/mol. The molecule has 1 amide bonds. The molecule has 0 atom stereocenters. The minimum absolute atomic E-state index is 0.0394. The Balaban J connectivity index is 1.80. The number of hydrogen-bond acceptors (Lipinski definition) is 4. The summed E-state index contributed by atoms with van der Waals surface area (Å²) < 4.78 is 28.7. The number of anilines is 2. The molecule has 33 heavy (non-hydrogen) atoms. The van der Waals surface area contributed by atoms with Gasteiger partial charge in [-0.05, 0) is 69.5 Å². The van der Waals surface area contributed by atoms with Gasteiger partial charge in [-0.3, -0.25) is 9.52 Å². The third kappa shape index (κ3) is 5.75. The fourth-order valence-corrected chi connectivity index (χ4v) is 4.99. The zero-order valence-corrected chi connectivity index (χ0v) is 21.1. The first-order valence-corrected chi connectivity index (χ1v) is 12.8. The number of sulfonamides is 1. The van der Waals surface area contributed by atoms with Crippen molar-refractivity contribution in [2.75, 3.05) is 15.8 Å². The van der Waals surface area contributed by atoms with E-state index in [1.165, 1.54) is 0 Å². The van der Waals surface area contributed by atoms with Crippen LogP contribution in [-0.4, -0.2) is 29.9 Å². The van der Waals surface area contributed by atoms with Crippen molar-refractivity contribution >= 4 is 38.9 Å². The summed E-state index contributed by atoms with van der Waals surface area (Å²) in [6, 6.07) is 10.9. The van der Waals surface area contributed by atoms with Crippen LogP contribution in [0.1, 0.15) is 41.4 Å². The topological polar surface area (TPSA) is 93.1 Å². The fourth-order valence-electron chi connectivity index (χ4n) is 3.62. The van der Waals surface area contributed by atoms with Gasteiger partial charge in [0.05, 0.1) is 29.2 Å². The quantitative estimate of drug-likeness (QED) is 0.461. The highest BCUT2D eigenvalue weighted by atomic mass is 35.5. The van der Waals surface area contributed by atoms with E-state index in [0.717, 1.165) is 28.2 Å². The lowest BCUT2D eigenvalue weighted by Crippen LogP contribution is -2.19. The number of halogens is 1. The Hall–Kier alpha value is -2.84. The normalized spacial score (nSPS) is 11.5. The van der Waals surface area contributed by atoms with Crippen molar-refractivity contribution in [3.63, 3.8) is 0 Å². The number of hydrogen-bond donors (Lipinski definition) is 2. The SMILES string of the molecule is CCCS(=O)(=O)Nc1cccc(NC(=O)Cc2c(C)nn(-c3ccc(C)c(Cl)c3)c2C)c1C. The number of aryl methyl sites for hydroxylation is 2.